The minimum Gasteiger partial charge on any atom is -0.496 e. The fraction of sp³-hybridized carbons (Fsp3) is 0.200. The Morgan fingerprint density at radius 2 is 1.72 bits per heavy atom. The van der Waals surface area contributed by atoms with E-state index in [0.717, 1.165) is 22.6 Å². The van der Waals surface area contributed by atoms with Gasteiger partial charge in [-0.05, 0) is 44.2 Å². The normalized spacial score (nSPS) is 15.5. The quantitative estimate of drug-likeness (QED) is 0.798. The topological polar surface area (TPSA) is 51.1 Å². The molecular formula is C20H20N2O3. The van der Waals surface area contributed by atoms with E-state index in [1.165, 1.54) is 5.01 Å². The predicted octanol–water partition coefficient (Wildman–Crippen LogP) is 3.82. The molecule has 1 amide bonds. The van der Waals surface area contributed by atoms with Crippen LogP contribution >= 0.6 is 0 Å². The first-order chi connectivity index (χ1) is 12.1. The van der Waals surface area contributed by atoms with Crippen molar-refractivity contribution >= 4 is 23.4 Å². The maximum atomic E-state index is 12.8. The summed E-state index contributed by atoms with van der Waals surface area (Å²) < 4.78 is 10.9. The first-order valence-electron chi connectivity index (χ1n) is 7.95. The van der Waals surface area contributed by atoms with E-state index in [4.69, 9.17) is 9.47 Å². The summed E-state index contributed by atoms with van der Waals surface area (Å²) in [5.41, 5.74) is 3.66. The van der Waals surface area contributed by atoms with Crippen LogP contribution in [0, 0.1) is 6.92 Å². The number of hydrogen-bond donors (Lipinski definition) is 0. The molecule has 0 unspecified atom stereocenters. The Morgan fingerprint density at radius 1 is 1.00 bits per heavy atom. The van der Waals surface area contributed by atoms with Crippen molar-refractivity contribution in [3.8, 4) is 11.5 Å². The van der Waals surface area contributed by atoms with Gasteiger partial charge in [-0.1, -0.05) is 18.2 Å². The van der Waals surface area contributed by atoms with Crippen molar-refractivity contribution < 1.29 is 14.3 Å². The third-order valence-corrected chi connectivity index (χ3v) is 4.17. The summed E-state index contributed by atoms with van der Waals surface area (Å²) >= 11 is 0. The van der Waals surface area contributed by atoms with E-state index in [9.17, 15) is 4.79 Å². The van der Waals surface area contributed by atoms with Crippen LogP contribution < -0.4 is 14.5 Å². The summed E-state index contributed by atoms with van der Waals surface area (Å²) in [6.07, 6.45) is 1.81. The van der Waals surface area contributed by atoms with Crippen LogP contribution in [0.1, 0.15) is 18.1 Å². The van der Waals surface area contributed by atoms with Crippen LogP contribution in [-0.4, -0.2) is 25.8 Å². The smallest absolute Gasteiger partial charge is 0.280 e. The lowest BCUT2D eigenvalue weighted by Crippen LogP contribution is -2.21. The molecule has 25 heavy (non-hydrogen) atoms. The molecule has 0 saturated carbocycles. The van der Waals surface area contributed by atoms with E-state index in [1.807, 2.05) is 62.4 Å². The number of nitrogens with zero attached hydrogens (tertiary/aromatic N) is 2. The van der Waals surface area contributed by atoms with Gasteiger partial charge in [-0.2, -0.15) is 10.1 Å². The van der Waals surface area contributed by atoms with Crippen LogP contribution in [0.15, 0.2) is 53.1 Å². The number of ether oxygens (including phenoxy) is 2. The van der Waals surface area contributed by atoms with Crippen LogP contribution in [0.2, 0.25) is 0 Å². The van der Waals surface area contributed by atoms with Crippen molar-refractivity contribution in [2.45, 2.75) is 13.8 Å². The third-order valence-electron chi connectivity index (χ3n) is 4.17. The molecule has 0 radical (unpaired) electrons. The Balaban J connectivity index is 2.02. The third kappa shape index (κ3) is 3.01. The monoisotopic (exact) mass is 336 g/mol. The second-order valence-corrected chi connectivity index (χ2v) is 5.71. The summed E-state index contributed by atoms with van der Waals surface area (Å²) in [4.78, 5) is 12.8. The largest absolute Gasteiger partial charge is 0.496 e. The molecule has 5 nitrogen and oxygen atoms in total. The lowest BCUT2D eigenvalue weighted by Gasteiger charge is -2.13. The number of benzene rings is 2. The Hall–Kier alpha value is -3.08. The number of para-hydroxylation sites is 1. The van der Waals surface area contributed by atoms with Crippen molar-refractivity contribution in [1.29, 1.82) is 0 Å². The highest BCUT2D eigenvalue weighted by Crippen LogP contribution is 2.34. The number of hydrazone groups is 1. The molecule has 1 heterocycles. The molecule has 0 bridgehead atoms. The van der Waals surface area contributed by atoms with Crippen molar-refractivity contribution in [2.24, 2.45) is 5.10 Å². The van der Waals surface area contributed by atoms with E-state index in [-0.39, 0.29) is 5.91 Å². The lowest BCUT2D eigenvalue weighted by atomic mass is 10.0. The van der Waals surface area contributed by atoms with Gasteiger partial charge in [0.2, 0.25) is 0 Å². The zero-order valence-electron chi connectivity index (χ0n) is 14.7. The van der Waals surface area contributed by atoms with E-state index < -0.39 is 0 Å². The summed E-state index contributed by atoms with van der Waals surface area (Å²) in [5.74, 6) is 1.28. The molecule has 1 aliphatic rings. The van der Waals surface area contributed by atoms with E-state index >= 15 is 0 Å². The molecule has 1 aliphatic heterocycles. The molecule has 0 N–H and O–H groups in total. The minimum absolute atomic E-state index is 0.153. The molecule has 2 aromatic rings. The first-order valence-corrected chi connectivity index (χ1v) is 7.95. The van der Waals surface area contributed by atoms with Gasteiger partial charge >= 0.3 is 0 Å². The molecular weight excluding hydrogens is 316 g/mol. The number of amides is 1. The predicted molar refractivity (Wildman–Crippen MR) is 99.3 cm³/mol. The molecule has 0 atom stereocenters. The molecule has 0 aromatic heterocycles. The summed E-state index contributed by atoms with van der Waals surface area (Å²) in [6, 6.07) is 13.1. The SMILES string of the molecule is COc1ccc(/C=C2\C(=O)N(c3ccccc3)N=C2C)c(OC)c1C. The van der Waals surface area contributed by atoms with E-state index in [1.54, 1.807) is 14.2 Å². The fourth-order valence-corrected chi connectivity index (χ4v) is 2.88. The first kappa shape index (κ1) is 16.8. The van der Waals surface area contributed by atoms with Crippen LogP contribution in [0.25, 0.3) is 6.08 Å². The Kier molecular flexibility index (Phi) is 4.57. The molecule has 0 spiro atoms. The maximum absolute atomic E-state index is 12.8. The highest BCUT2D eigenvalue weighted by Gasteiger charge is 2.29. The van der Waals surface area contributed by atoms with Gasteiger partial charge in [-0.3, -0.25) is 4.79 Å². The van der Waals surface area contributed by atoms with Crippen LogP contribution in [0.5, 0.6) is 11.5 Å². The highest BCUT2D eigenvalue weighted by atomic mass is 16.5. The second-order valence-electron chi connectivity index (χ2n) is 5.71. The summed E-state index contributed by atoms with van der Waals surface area (Å²) in [7, 11) is 3.23. The van der Waals surface area contributed by atoms with Gasteiger partial charge in [-0.15, -0.1) is 0 Å². The average Bonchev–Trinajstić information content (AvgIpc) is 2.91. The van der Waals surface area contributed by atoms with Gasteiger partial charge in [0, 0.05) is 11.1 Å². The lowest BCUT2D eigenvalue weighted by molar-refractivity contribution is -0.114. The zero-order valence-corrected chi connectivity index (χ0v) is 14.7. The van der Waals surface area contributed by atoms with Crippen molar-refractivity contribution in [1.82, 2.24) is 0 Å². The zero-order chi connectivity index (χ0) is 18.0. The number of anilines is 1. The van der Waals surface area contributed by atoms with Gasteiger partial charge in [0.05, 0.1) is 31.2 Å². The van der Waals surface area contributed by atoms with Gasteiger partial charge < -0.3 is 9.47 Å². The standard InChI is InChI=1S/C20H20N2O3/c1-13-18(24-3)11-10-15(19(13)25-4)12-17-14(2)21-22(20(17)23)16-8-6-5-7-9-16/h5-12H,1-4H3/b17-12-. The van der Waals surface area contributed by atoms with Crippen molar-refractivity contribution in [3.05, 3.63) is 59.2 Å². The molecule has 2 aromatic carbocycles. The van der Waals surface area contributed by atoms with Crippen molar-refractivity contribution in [3.63, 3.8) is 0 Å². The molecule has 0 aliphatic carbocycles. The van der Waals surface area contributed by atoms with Crippen molar-refractivity contribution in [2.75, 3.05) is 19.2 Å². The van der Waals surface area contributed by atoms with Crippen LogP contribution in [0.3, 0.4) is 0 Å². The average molecular weight is 336 g/mol. The number of hydrogen-bond acceptors (Lipinski definition) is 4. The number of carbonyl (C=O) groups excluding carboxylic acids is 1. The molecule has 5 heteroatoms. The Morgan fingerprint density at radius 3 is 2.36 bits per heavy atom. The summed E-state index contributed by atoms with van der Waals surface area (Å²) in [5, 5.41) is 5.82. The molecule has 3 rings (SSSR count). The van der Waals surface area contributed by atoms with Gasteiger partial charge in [0.15, 0.2) is 0 Å². The highest BCUT2D eigenvalue weighted by molar-refractivity contribution is 6.32. The number of methoxy groups -OCH3 is 2. The Labute approximate surface area is 147 Å². The Bertz CT molecular complexity index is 870. The summed E-state index contributed by atoms with van der Waals surface area (Å²) in [6.45, 7) is 3.75. The maximum Gasteiger partial charge on any atom is 0.280 e. The number of carbonyl (C=O) groups is 1. The van der Waals surface area contributed by atoms with E-state index in [2.05, 4.69) is 5.10 Å². The fourth-order valence-electron chi connectivity index (χ4n) is 2.88. The molecule has 128 valence electrons. The van der Waals surface area contributed by atoms with Crippen LogP contribution in [0.4, 0.5) is 5.69 Å². The minimum atomic E-state index is -0.153. The number of rotatable bonds is 4. The van der Waals surface area contributed by atoms with Gasteiger partial charge in [0.1, 0.15) is 11.5 Å². The van der Waals surface area contributed by atoms with Gasteiger partial charge in [-0.25, -0.2) is 0 Å². The van der Waals surface area contributed by atoms with E-state index in [0.29, 0.717) is 17.0 Å². The molecule has 0 fully saturated rings. The van der Waals surface area contributed by atoms with Gasteiger partial charge in [0.25, 0.3) is 5.91 Å². The van der Waals surface area contributed by atoms with Crippen LogP contribution in [-0.2, 0) is 4.79 Å². The second kappa shape index (κ2) is 6.81. The molecule has 0 saturated heterocycles.